The van der Waals surface area contributed by atoms with Gasteiger partial charge in [0, 0.05) is 23.7 Å². The van der Waals surface area contributed by atoms with Crippen LogP contribution < -0.4 is 0 Å². The quantitative estimate of drug-likeness (QED) is 0.727. The summed E-state index contributed by atoms with van der Waals surface area (Å²) in [5.41, 5.74) is 0. The first-order valence-electron chi connectivity index (χ1n) is 6.20. The molecule has 0 aromatic heterocycles. The molecule has 1 saturated carbocycles. The smallest absolute Gasteiger partial charge is 0.159 e. The van der Waals surface area contributed by atoms with E-state index in [0.717, 1.165) is 23.8 Å². The van der Waals surface area contributed by atoms with Crippen molar-refractivity contribution in [2.75, 3.05) is 18.9 Å². The van der Waals surface area contributed by atoms with Gasteiger partial charge in [0.1, 0.15) is 0 Å². The highest BCUT2D eigenvalue weighted by Gasteiger charge is 2.27. The van der Waals surface area contributed by atoms with E-state index in [1.165, 1.54) is 30.9 Å². The molecule has 16 heavy (non-hydrogen) atoms. The van der Waals surface area contributed by atoms with Crippen LogP contribution in [0.15, 0.2) is 4.99 Å². The summed E-state index contributed by atoms with van der Waals surface area (Å²) in [5.74, 6) is 0.929. The molecule has 2 aliphatic rings. The standard InChI is InChI=1S/C12H21BrN2S/c1-9-3-5-10(6-4-9)15(2)12-14-8-11(7-13)16-12/h9-11H,3-8H2,1-2H3. The minimum absolute atomic E-state index is 0.653. The van der Waals surface area contributed by atoms with Gasteiger partial charge in [-0.05, 0) is 31.6 Å². The summed E-state index contributed by atoms with van der Waals surface area (Å²) < 4.78 is 0. The Morgan fingerprint density at radius 1 is 1.38 bits per heavy atom. The highest BCUT2D eigenvalue weighted by Crippen LogP contribution is 2.31. The van der Waals surface area contributed by atoms with E-state index in [-0.39, 0.29) is 0 Å². The van der Waals surface area contributed by atoms with Crippen molar-refractivity contribution in [1.82, 2.24) is 4.90 Å². The third-order valence-corrected chi connectivity index (χ3v) is 6.20. The molecule has 0 saturated heterocycles. The number of halogens is 1. The monoisotopic (exact) mass is 304 g/mol. The first-order valence-corrected chi connectivity index (χ1v) is 8.20. The molecule has 0 amide bonds. The summed E-state index contributed by atoms with van der Waals surface area (Å²) >= 11 is 5.49. The van der Waals surface area contributed by atoms with E-state index in [2.05, 4.69) is 39.8 Å². The first kappa shape index (κ1) is 12.7. The summed E-state index contributed by atoms with van der Waals surface area (Å²) in [7, 11) is 2.23. The number of nitrogens with zero attached hydrogens (tertiary/aromatic N) is 2. The van der Waals surface area contributed by atoms with E-state index >= 15 is 0 Å². The summed E-state index contributed by atoms with van der Waals surface area (Å²) in [5, 5.41) is 2.98. The average Bonchev–Trinajstić information content (AvgIpc) is 2.77. The molecular formula is C12H21BrN2S. The van der Waals surface area contributed by atoms with Crippen LogP contribution in [0.25, 0.3) is 0 Å². The third-order valence-electron chi connectivity index (χ3n) is 3.71. The Hall–Kier alpha value is 0.300. The number of hydrogen-bond donors (Lipinski definition) is 0. The van der Waals surface area contributed by atoms with E-state index in [0.29, 0.717) is 5.25 Å². The van der Waals surface area contributed by atoms with Crippen molar-refractivity contribution in [3.63, 3.8) is 0 Å². The molecule has 0 aromatic carbocycles. The molecule has 2 rings (SSSR count). The van der Waals surface area contributed by atoms with Crippen LogP contribution in [0.3, 0.4) is 0 Å². The van der Waals surface area contributed by atoms with Crippen LogP contribution in [0.2, 0.25) is 0 Å². The number of rotatable bonds is 2. The Kier molecular flexibility index (Phi) is 4.59. The molecule has 0 radical (unpaired) electrons. The molecule has 2 nitrogen and oxygen atoms in total. The topological polar surface area (TPSA) is 15.6 Å². The zero-order chi connectivity index (χ0) is 11.5. The fourth-order valence-electron chi connectivity index (χ4n) is 2.46. The number of aliphatic imine (C=N–C) groups is 1. The minimum Gasteiger partial charge on any atom is -0.352 e. The number of alkyl halides is 1. The molecular weight excluding hydrogens is 284 g/mol. The largest absolute Gasteiger partial charge is 0.352 e. The third kappa shape index (κ3) is 2.95. The van der Waals surface area contributed by atoms with Gasteiger partial charge in [0.15, 0.2) is 5.17 Å². The van der Waals surface area contributed by atoms with Gasteiger partial charge in [0.2, 0.25) is 0 Å². The van der Waals surface area contributed by atoms with E-state index < -0.39 is 0 Å². The normalized spacial score (nSPS) is 34.9. The van der Waals surface area contributed by atoms with Crippen LogP contribution in [-0.4, -0.2) is 40.3 Å². The Bertz CT molecular complexity index is 262. The fourth-order valence-corrected chi connectivity index (χ4v) is 4.04. The van der Waals surface area contributed by atoms with Crippen LogP contribution in [0.4, 0.5) is 0 Å². The Morgan fingerprint density at radius 2 is 2.06 bits per heavy atom. The van der Waals surface area contributed by atoms with E-state index in [9.17, 15) is 0 Å². The van der Waals surface area contributed by atoms with Gasteiger partial charge in [-0.3, -0.25) is 4.99 Å². The van der Waals surface area contributed by atoms with Gasteiger partial charge in [-0.15, -0.1) is 0 Å². The predicted molar refractivity (Wildman–Crippen MR) is 76.7 cm³/mol. The van der Waals surface area contributed by atoms with Crippen molar-refractivity contribution in [1.29, 1.82) is 0 Å². The number of hydrogen-bond acceptors (Lipinski definition) is 3. The molecule has 1 unspecified atom stereocenters. The maximum absolute atomic E-state index is 4.66. The molecule has 1 aliphatic heterocycles. The molecule has 1 atom stereocenters. The molecule has 1 fully saturated rings. The first-order chi connectivity index (χ1) is 7.70. The van der Waals surface area contributed by atoms with Crippen molar-refractivity contribution in [3.8, 4) is 0 Å². The second kappa shape index (κ2) is 5.76. The highest BCUT2D eigenvalue weighted by molar-refractivity contribution is 9.09. The van der Waals surface area contributed by atoms with Gasteiger partial charge in [0.05, 0.1) is 6.54 Å². The summed E-state index contributed by atoms with van der Waals surface area (Å²) in [4.78, 5) is 7.09. The van der Waals surface area contributed by atoms with Gasteiger partial charge in [-0.25, -0.2) is 0 Å². The number of thioether (sulfide) groups is 1. The van der Waals surface area contributed by atoms with Gasteiger partial charge >= 0.3 is 0 Å². The Morgan fingerprint density at radius 3 is 2.62 bits per heavy atom. The second-order valence-corrected chi connectivity index (χ2v) is 6.96. The average molecular weight is 305 g/mol. The Balaban J connectivity index is 1.86. The van der Waals surface area contributed by atoms with Gasteiger partial charge in [-0.1, -0.05) is 34.6 Å². The summed E-state index contributed by atoms with van der Waals surface area (Å²) in [6, 6.07) is 0.733. The molecule has 0 aromatic rings. The molecule has 4 heteroatoms. The maximum Gasteiger partial charge on any atom is 0.159 e. The zero-order valence-corrected chi connectivity index (χ0v) is 12.6. The van der Waals surface area contributed by atoms with Crippen LogP contribution in [0, 0.1) is 5.92 Å². The summed E-state index contributed by atoms with van der Waals surface area (Å²) in [6.07, 6.45) is 5.45. The lowest BCUT2D eigenvalue weighted by molar-refractivity contribution is 0.242. The van der Waals surface area contributed by atoms with Crippen molar-refractivity contribution in [2.24, 2.45) is 10.9 Å². The van der Waals surface area contributed by atoms with Gasteiger partial charge in [-0.2, -0.15) is 0 Å². The molecule has 0 bridgehead atoms. The molecule has 1 aliphatic carbocycles. The lowest BCUT2D eigenvalue weighted by Crippen LogP contribution is -2.37. The molecule has 92 valence electrons. The van der Waals surface area contributed by atoms with Crippen molar-refractivity contribution >= 4 is 32.9 Å². The Labute approximate surface area is 111 Å². The predicted octanol–water partition coefficient (Wildman–Crippen LogP) is 3.36. The second-order valence-electron chi connectivity index (χ2n) is 5.04. The highest BCUT2D eigenvalue weighted by atomic mass is 79.9. The number of amidine groups is 1. The minimum atomic E-state index is 0.653. The van der Waals surface area contributed by atoms with E-state index in [4.69, 9.17) is 0 Å². The van der Waals surface area contributed by atoms with Gasteiger partial charge in [0.25, 0.3) is 0 Å². The maximum atomic E-state index is 4.66. The summed E-state index contributed by atoms with van der Waals surface area (Å²) in [6.45, 7) is 3.36. The molecule has 0 N–H and O–H groups in total. The van der Waals surface area contributed by atoms with E-state index in [1.807, 2.05) is 11.8 Å². The van der Waals surface area contributed by atoms with Crippen LogP contribution in [-0.2, 0) is 0 Å². The van der Waals surface area contributed by atoms with Crippen LogP contribution in [0.5, 0.6) is 0 Å². The van der Waals surface area contributed by atoms with Crippen LogP contribution >= 0.6 is 27.7 Å². The lowest BCUT2D eigenvalue weighted by Gasteiger charge is -2.34. The lowest BCUT2D eigenvalue weighted by atomic mass is 9.87. The zero-order valence-electron chi connectivity index (χ0n) is 10.2. The van der Waals surface area contributed by atoms with Gasteiger partial charge < -0.3 is 4.90 Å². The van der Waals surface area contributed by atoms with Crippen molar-refractivity contribution in [2.45, 2.75) is 43.9 Å². The molecule has 0 spiro atoms. The van der Waals surface area contributed by atoms with E-state index in [1.54, 1.807) is 0 Å². The molecule has 1 heterocycles. The van der Waals surface area contributed by atoms with Crippen LogP contribution in [0.1, 0.15) is 32.6 Å². The fraction of sp³-hybridized carbons (Fsp3) is 0.917. The SMILES string of the molecule is CC1CCC(N(C)C2=NCC(CBr)S2)CC1. The van der Waals surface area contributed by atoms with Crippen molar-refractivity contribution < 1.29 is 0 Å². The van der Waals surface area contributed by atoms with Crippen molar-refractivity contribution in [3.05, 3.63) is 0 Å².